The van der Waals surface area contributed by atoms with Crippen molar-refractivity contribution in [1.29, 1.82) is 0 Å². The number of halogens is 1. The van der Waals surface area contributed by atoms with E-state index in [0.29, 0.717) is 0 Å². The van der Waals surface area contributed by atoms with Crippen LogP contribution in [0.25, 0.3) is 0 Å². The van der Waals surface area contributed by atoms with Crippen LogP contribution < -0.4 is 5.32 Å². The van der Waals surface area contributed by atoms with Crippen molar-refractivity contribution < 1.29 is 24.2 Å². The Morgan fingerprint density at radius 1 is 1.14 bits per heavy atom. The van der Waals surface area contributed by atoms with Gasteiger partial charge in [-0.25, -0.2) is 0 Å². The number of non-ortho nitro benzene ring substituents is 1. The maximum atomic E-state index is 12.2. The SMILES string of the molecule is CC(OC(=O)Cc1ccccc1[N+](=O)[O-])C(=O)Nc1ccc([N+](=O)[O-])cc1Cl. The molecule has 0 aliphatic heterocycles. The molecule has 0 heterocycles. The third kappa shape index (κ3) is 5.24. The quantitative estimate of drug-likeness (QED) is 0.421. The summed E-state index contributed by atoms with van der Waals surface area (Å²) in [7, 11) is 0. The molecule has 0 radical (unpaired) electrons. The van der Waals surface area contributed by atoms with Crippen LogP contribution in [0.3, 0.4) is 0 Å². The van der Waals surface area contributed by atoms with E-state index in [-0.39, 0.29) is 34.1 Å². The molecule has 0 spiro atoms. The second kappa shape index (κ2) is 8.91. The third-order valence-corrected chi connectivity index (χ3v) is 3.93. The smallest absolute Gasteiger partial charge is 0.311 e. The third-order valence-electron chi connectivity index (χ3n) is 3.62. The molecule has 0 aliphatic carbocycles. The van der Waals surface area contributed by atoms with Crippen LogP contribution in [0.5, 0.6) is 0 Å². The van der Waals surface area contributed by atoms with E-state index in [2.05, 4.69) is 5.32 Å². The normalized spacial score (nSPS) is 11.4. The number of nitro groups is 2. The van der Waals surface area contributed by atoms with Crippen molar-refractivity contribution in [2.75, 3.05) is 5.32 Å². The molecule has 1 amide bonds. The monoisotopic (exact) mass is 407 g/mol. The van der Waals surface area contributed by atoms with Gasteiger partial charge in [-0.05, 0) is 13.0 Å². The number of para-hydroxylation sites is 1. The molecule has 0 fully saturated rings. The zero-order chi connectivity index (χ0) is 20.8. The van der Waals surface area contributed by atoms with Crippen molar-refractivity contribution in [1.82, 2.24) is 0 Å². The Labute approximate surface area is 163 Å². The van der Waals surface area contributed by atoms with Crippen LogP contribution in [0.15, 0.2) is 42.5 Å². The van der Waals surface area contributed by atoms with Gasteiger partial charge < -0.3 is 10.1 Å². The van der Waals surface area contributed by atoms with E-state index in [1.165, 1.54) is 31.2 Å². The van der Waals surface area contributed by atoms with Gasteiger partial charge in [-0.1, -0.05) is 29.8 Å². The highest BCUT2D eigenvalue weighted by atomic mass is 35.5. The van der Waals surface area contributed by atoms with Gasteiger partial charge in [-0.15, -0.1) is 0 Å². The molecule has 2 aromatic carbocycles. The predicted octanol–water partition coefficient (Wildman–Crippen LogP) is 3.27. The topological polar surface area (TPSA) is 142 Å². The van der Waals surface area contributed by atoms with Crippen molar-refractivity contribution in [3.8, 4) is 0 Å². The molecule has 1 N–H and O–H groups in total. The molecular formula is C17H14ClN3O7. The van der Waals surface area contributed by atoms with Gasteiger partial charge in [-0.3, -0.25) is 29.8 Å². The summed E-state index contributed by atoms with van der Waals surface area (Å²) in [6.07, 6.45) is -1.60. The number of nitrogens with one attached hydrogen (secondary N) is 1. The summed E-state index contributed by atoms with van der Waals surface area (Å²) in [4.78, 5) is 44.6. The molecule has 2 aromatic rings. The van der Waals surface area contributed by atoms with Crippen LogP contribution in [0.1, 0.15) is 12.5 Å². The standard InChI is InChI=1S/C17H14ClN3O7/c1-10(17(23)19-14-7-6-12(20(24)25)9-13(14)18)28-16(22)8-11-4-2-3-5-15(11)21(26)27/h2-7,9-10H,8H2,1H3,(H,19,23). The summed E-state index contributed by atoms with van der Waals surface area (Å²) in [6, 6.07) is 9.17. The Bertz CT molecular complexity index is 948. The Morgan fingerprint density at radius 2 is 1.82 bits per heavy atom. The number of nitrogens with zero attached hydrogens (tertiary/aromatic N) is 2. The van der Waals surface area contributed by atoms with Crippen molar-refractivity contribution in [3.63, 3.8) is 0 Å². The first-order valence-corrected chi connectivity index (χ1v) is 8.23. The fraction of sp³-hybridized carbons (Fsp3) is 0.176. The van der Waals surface area contributed by atoms with E-state index in [9.17, 15) is 29.8 Å². The lowest BCUT2D eigenvalue weighted by Gasteiger charge is -2.14. The fourth-order valence-corrected chi connectivity index (χ4v) is 2.46. The van der Waals surface area contributed by atoms with Crippen LogP contribution in [0.2, 0.25) is 5.02 Å². The van der Waals surface area contributed by atoms with Gasteiger partial charge >= 0.3 is 5.97 Å². The molecule has 2 rings (SSSR count). The molecule has 10 nitrogen and oxygen atoms in total. The summed E-state index contributed by atoms with van der Waals surface area (Å²) >= 11 is 5.89. The number of ether oxygens (including phenoxy) is 1. The first-order valence-electron chi connectivity index (χ1n) is 7.85. The lowest BCUT2D eigenvalue weighted by atomic mass is 10.1. The number of carbonyl (C=O) groups excluding carboxylic acids is 2. The van der Waals surface area contributed by atoms with Gasteiger partial charge in [0.15, 0.2) is 6.10 Å². The number of carbonyl (C=O) groups is 2. The number of anilines is 1. The van der Waals surface area contributed by atoms with E-state index in [1.807, 2.05) is 0 Å². The van der Waals surface area contributed by atoms with Crippen LogP contribution in [-0.4, -0.2) is 27.8 Å². The molecule has 146 valence electrons. The number of esters is 1. The Kier molecular flexibility index (Phi) is 6.61. The summed E-state index contributed by atoms with van der Waals surface area (Å²) < 4.78 is 5.00. The van der Waals surface area contributed by atoms with E-state index >= 15 is 0 Å². The maximum absolute atomic E-state index is 12.2. The molecule has 0 bridgehead atoms. The highest BCUT2D eigenvalue weighted by Gasteiger charge is 2.22. The average Bonchev–Trinajstić information content (AvgIpc) is 2.63. The van der Waals surface area contributed by atoms with Gasteiger partial charge in [0.2, 0.25) is 0 Å². The van der Waals surface area contributed by atoms with Gasteiger partial charge in [-0.2, -0.15) is 0 Å². The van der Waals surface area contributed by atoms with Crippen molar-refractivity contribution in [2.24, 2.45) is 0 Å². The maximum Gasteiger partial charge on any atom is 0.311 e. The molecule has 11 heteroatoms. The number of hydrogen-bond acceptors (Lipinski definition) is 7. The Balaban J connectivity index is 2.00. The molecule has 1 unspecified atom stereocenters. The number of nitro benzene ring substituents is 2. The molecule has 0 saturated carbocycles. The average molecular weight is 408 g/mol. The number of rotatable bonds is 7. The minimum absolute atomic E-state index is 0.0546. The molecule has 1 atom stereocenters. The second-order valence-corrected chi connectivity index (χ2v) is 6.01. The molecule has 0 aromatic heterocycles. The van der Waals surface area contributed by atoms with Gasteiger partial charge in [0.05, 0.1) is 27.0 Å². The van der Waals surface area contributed by atoms with Crippen LogP contribution in [0, 0.1) is 20.2 Å². The van der Waals surface area contributed by atoms with Gasteiger partial charge in [0.1, 0.15) is 0 Å². The van der Waals surface area contributed by atoms with Crippen LogP contribution in [-0.2, 0) is 20.7 Å². The largest absolute Gasteiger partial charge is 0.452 e. The molecule has 28 heavy (non-hydrogen) atoms. The predicted molar refractivity (Wildman–Crippen MR) is 99.1 cm³/mol. The van der Waals surface area contributed by atoms with E-state index in [0.717, 1.165) is 12.1 Å². The summed E-state index contributed by atoms with van der Waals surface area (Å²) in [5.74, 6) is -1.54. The lowest BCUT2D eigenvalue weighted by Crippen LogP contribution is -2.30. The molecular weight excluding hydrogens is 394 g/mol. The van der Waals surface area contributed by atoms with Crippen molar-refractivity contribution in [3.05, 3.63) is 73.3 Å². The lowest BCUT2D eigenvalue weighted by molar-refractivity contribution is -0.385. The first kappa shape index (κ1) is 20.8. The zero-order valence-corrected chi connectivity index (χ0v) is 15.2. The number of amides is 1. The van der Waals surface area contributed by atoms with E-state index < -0.39 is 27.8 Å². The minimum Gasteiger partial charge on any atom is -0.452 e. The Morgan fingerprint density at radius 3 is 2.43 bits per heavy atom. The summed E-state index contributed by atoms with van der Waals surface area (Å²) in [6.45, 7) is 1.31. The zero-order valence-electron chi connectivity index (χ0n) is 14.5. The molecule has 0 aliphatic rings. The number of benzene rings is 2. The van der Waals surface area contributed by atoms with Crippen molar-refractivity contribution in [2.45, 2.75) is 19.4 Å². The van der Waals surface area contributed by atoms with Crippen LogP contribution in [0.4, 0.5) is 17.1 Å². The minimum atomic E-state index is -1.22. The highest BCUT2D eigenvalue weighted by Crippen LogP contribution is 2.27. The number of hydrogen-bond donors (Lipinski definition) is 1. The highest BCUT2D eigenvalue weighted by molar-refractivity contribution is 6.34. The van der Waals surface area contributed by atoms with E-state index in [4.69, 9.17) is 16.3 Å². The fourth-order valence-electron chi connectivity index (χ4n) is 2.24. The first-order chi connectivity index (χ1) is 13.2. The summed E-state index contributed by atoms with van der Waals surface area (Å²) in [5, 5.41) is 24.0. The van der Waals surface area contributed by atoms with Crippen LogP contribution >= 0.6 is 11.6 Å². The summed E-state index contributed by atoms with van der Waals surface area (Å²) in [5.41, 5.74) is -0.205. The van der Waals surface area contributed by atoms with Crippen molar-refractivity contribution >= 4 is 40.5 Å². The molecule has 0 saturated heterocycles. The second-order valence-electron chi connectivity index (χ2n) is 5.61. The van der Waals surface area contributed by atoms with E-state index in [1.54, 1.807) is 6.07 Å². The van der Waals surface area contributed by atoms with Gasteiger partial charge in [0.25, 0.3) is 17.3 Å². The Hall–Kier alpha value is -3.53. The van der Waals surface area contributed by atoms with Gasteiger partial charge in [0, 0.05) is 23.8 Å².